The number of amides is 1. The minimum absolute atomic E-state index is 0.110. The molecule has 1 fully saturated rings. The number of unbranched alkanes of at least 4 members (excludes halogenated alkanes) is 1. The maximum absolute atomic E-state index is 12.4. The van der Waals surface area contributed by atoms with Crippen LogP contribution in [0.1, 0.15) is 67.2 Å². The van der Waals surface area contributed by atoms with E-state index in [0.29, 0.717) is 18.0 Å². The van der Waals surface area contributed by atoms with E-state index < -0.39 is 0 Å². The molecular formula is C18H36N2O. The Morgan fingerprint density at radius 1 is 1.14 bits per heavy atom. The van der Waals surface area contributed by atoms with Crippen LogP contribution in [0.3, 0.4) is 0 Å². The van der Waals surface area contributed by atoms with Gasteiger partial charge >= 0.3 is 0 Å². The minimum Gasteiger partial charge on any atom is -0.334 e. The summed E-state index contributed by atoms with van der Waals surface area (Å²) >= 11 is 0. The van der Waals surface area contributed by atoms with E-state index in [1.54, 1.807) is 0 Å². The summed E-state index contributed by atoms with van der Waals surface area (Å²) in [5.74, 6) is 1.25. The average molecular weight is 296 g/mol. The molecule has 2 unspecified atom stereocenters. The molecule has 1 amide bonds. The van der Waals surface area contributed by atoms with Crippen molar-refractivity contribution in [2.75, 3.05) is 19.6 Å². The molecule has 0 aromatic carbocycles. The second-order valence-corrected chi connectivity index (χ2v) is 7.46. The van der Waals surface area contributed by atoms with Crippen LogP contribution in [-0.4, -0.2) is 47.4 Å². The molecule has 0 aromatic heterocycles. The number of hydrogen-bond donors (Lipinski definition) is 0. The highest BCUT2D eigenvalue weighted by atomic mass is 16.2. The molecule has 0 saturated carbocycles. The number of carbonyl (C=O) groups excluding carboxylic acids is 1. The summed E-state index contributed by atoms with van der Waals surface area (Å²) in [4.78, 5) is 17.2. The van der Waals surface area contributed by atoms with Crippen LogP contribution in [0.25, 0.3) is 0 Å². The first-order chi connectivity index (χ1) is 9.86. The second kappa shape index (κ2) is 8.77. The maximum Gasteiger partial charge on any atom is 0.225 e. The number of rotatable bonds is 7. The summed E-state index contributed by atoms with van der Waals surface area (Å²) in [7, 11) is 0. The Morgan fingerprint density at radius 2 is 1.81 bits per heavy atom. The highest BCUT2D eigenvalue weighted by Crippen LogP contribution is 2.21. The number of piperazine rings is 1. The molecule has 1 aliphatic heterocycles. The molecule has 3 nitrogen and oxygen atoms in total. The molecule has 0 bridgehead atoms. The van der Waals surface area contributed by atoms with E-state index in [-0.39, 0.29) is 5.92 Å². The molecule has 1 saturated heterocycles. The second-order valence-electron chi connectivity index (χ2n) is 7.46. The van der Waals surface area contributed by atoms with E-state index >= 15 is 0 Å². The van der Waals surface area contributed by atoms with Gasteiger partial charge in [-0.2, -0.15) is 0 Å². The lowest BCUT2D eigenvalue weighted by Gasteiger charge is -2.46. The van der Waals surface area contributed by atoms with Crippen LogP contribution < -0.4 is 0 Å². The first-order valence-electron chi connectivity index (χ1n) is 8.91. The van der Waals surface area contributed by atoms with E-state index in [0.717, 1.165) is 25.4 Å². The Labute approximate surface area is 132 Å². The van der Waals surface area contributed by atoms with Crippen molar-refractivity contribution in [2.45, 2.75) is 79.3 Å². The van der Waals surface area contributed by atoms with Gasteiger partial charge < -0.3 is 4.90 Å². The number of hydrogen-bond acceptors (Lipinski definition) is 2. The largest absolute Gasteiger partial charge is 0.334 e. The van der Waals surface area contributed by atoms with Gasteiger partial charge in [-0.25, -0.2) is 0 Å². The molecule has 0 aromatic rings. The number of nitrogens with zero attached hydrogens (tertiary/aromatic N) is 2. The van der Waals surface area contributed by atoms with Crippen molar-refractivity contribution < 1.29 is 4.79 Å². The first kappa shape index (κ1) is 18.5. The Hall–Kier alpha value is -0.570. The topological polar surface area (TPSA) is 23.6 Å². The van der Waals surface area contributed by atoms with E-state index in [2.05, 4.69) is 37.5 Å². The molecule has 0 aliphatic carbocycles. The summed E-state index contributed by atoms with van der Waals surface area (Å²) in [6, 6.07) is 0.748. The predicted octanol–water partition coefficient (Wildman–Crippen LogP) is 3.78. The lowest BCUT2D eigenvalue weighted by Crippen LogP contribution is -2.60. The van der Waals surface area contributed by atoms with Gasteiger partial charge in [-0.1, -0.05) is 47.5 Å². The van der Waals surface area contributed by atoms with E-state index in [1.165, 1.54) is 25.8 Å². The third kappa shape index (κ3) is 5.61. The van der Waals surface area contributed by atoms with Crippen LogP contribution in [-0.2, 0) is 4.79 Å². The molecule has 2 atom stereocenters. The van der Waals surface area contributed by atoms with Crippen LogP contribution in [0.4, 0.5) is 0 Å². The van der Waals surface area contributed by atoms with Crippen molar-refractivity contribution in [3.8, 4) is 0 Å². The Morgan fingerprint density at radius 3 is 2.33 bits per heavy atom. The van der Waals surface area contributed by atoms with Crippen molar-refractivity contribution in [2.24, 2.45) is 11.8 Å². The van der Waals surface area contributed by atoms with Crippen molar-refractivity contribution in [3.05, 3.63) is 0 Å². The highest BCUT2D eigenvalue weighted by molar-refractivity contribution is 5.79. The highest BCUT2D eigenvalue weighted by Gasteiger charge is 2.34. The molecule has 21 heavy (non-hydrogen) atoms. The van der Waals surface area contributed by atoms with Crippen LogP contribution in [0.2, 0.25) is 0 Å². The average Bonchev–Trinajstić information content (AvgIpc) is 2.41. The monoisotopic (exact) mass is 296 g/mol. The fraction of sp³-hybridized carbons (Fsp3) is 0.944. The zero-order valence-corrected chi connectivity index (χ0v) is 15.1. The lowest BCUT2D eigenvalue weighted by atomic mass is 10.0. The summed E-state index contributed by atoms with van der Waals surface area (Å²) in [5.41, 5.74) is 0. The molecule has 0 spiro atoms. The standard InChI is InChI=1S/C18H36N2O/c1-7-17-13-19(11-9-8-10-14(2)3)12-16(6)20(17)18(21)15(4)5/h14-17H,7-13H2,1-6H3. The van der Waals surface area contributed by atoms with E-state index in [9.17, 15) is 4.79 Å². The fourth-order valence-electron chi connectivity index (χ4n) is 3.37. The summed E-state index contributed by atoms with van der Waals surface area (Å²) in [5, 5.41) is 0. The first-order valence-corrected chi connectivity index (χ1v) is 8.91. The maximum atomic E-state index is 12.4. The van der Waals surface area contributed by atoms with E-state index in [1.807, 2.05) is 13.8 Å². The third-order valence-electron chi connectivity index (χ3n) is 4.59. The Bertz CT molecular complexity index is 314. The third-order valence-corrected chi connectivity index (χ3v) is 4.59. The SMILES string of the molecule is CCC1CN(CCCCC(C)C)CC(C)N1C(=O)C(C)C. The zero-order valence-electron chi connectivity index (χ0n) is 15.1. The molecule has 0 N–H and O–H groups in total. The molecule has 1 aliphatic rings. The van der Waals surface area contributed by atoms with Gasteiger partial charge in [0.05, 0.1) is 0 Å². The van der Waals surface area contributed by atoms with Crippen LogP contribution in [0.5, 0.6) is 0 Å². The van der Waals surface area contributed by atoms with Gasteiger partial charge in [-0.05, 0) is 32.2 Å². The molecule has 3 heteroatoms. The Balaban J connectivity index is 2.51. The lowest BCUT2D eigenvalue weighted by molar-refractivity contribution is -0.143. The summed E-state index contributed by atoms with van der Waals surface area (Å²) in [6.45, 7) is 16.3. The molecule has 0 radical (unpaired) electrons. The van der Waals surface area contributed by atoms with Crippen LogP contribution in [0.15, 0.2) is 0 Å². The molecule has 1 heterocycles. The van der Waals surface area contributed by atoms with Crippen LogP contribution >= 0.6 is 0 Å². The zero-order chi connectivity index (χ0) is 16.0. The van der Waals surface area contributed by atoms with Crippen LogP contribution in [0, 0.1) is 11.8 Å². The van der Waals surface area contributed by atoms with Crippen molar-refractivity contribution in [1.29, 1.82) is 0 Å². The molecular weight excluding hydrogens is 260 g/mol. The van der Waals surface area contributed by atoms with Crippen molar-refractivity contribution in [1.82, 2.24) is 9.80 Å². The minimum atomic E-state index is 0.110. The van der Waals surface area contributed by atoms with Gasteiger partial charge in [0.25, 0.3) is 0 Å². The van der Waals surface area contributed by atoms with E-state index in [4.69, 9.17) is 0 Å². The quantitative estimate of drug-likeness (QED) is 0.668. The summed E-state index contributed by atoms with van der Waals surface area (Å²) < 4.78 is 0. The summed E-state index contributed by atoms with van der Waals surface area (Å²) in [6.07, 6.45) is 5.01. The molecule has 124 valence electrons. The smallest absolute Gasteiger partial charge is 0.225 e. The fourth-order valence-corrected chi connectivity index (χ4v) is 3.37. The van der Waals surface area contributed by atoms with Gasteiger partial charge in [0.1, 0.15) is 0 Å². The molecule has 1 rings (SSSR count). The number of carbonyl (C=O) groups is 1. The Kier molecular flexibility index (Phi) is 7.72. The van der Waals surface area contributed by atoms with Gasteiger partial charge in [-0.15, -0.1) is 0 Å². The van der Waals surface area contributed by atoms with Gasteiger partial charge in [-0.3, -0.25) is 9.69 Å². The predicted molar refractivity (Wildman–Crippen MR) is 90.4 cm³/mol. The van der Waals surface area contributed by atoms with Gasteiger partial charge in [0.15, 0.2) is 0 Å². The van der Waals surface area contributed by atoms with Gasteiger partial charge in [0, 0.05) is 31.1 Å². The normalized spacial score (nSPS) is 24.1. The van der Waals surface area contributed by atoms with Gasteiger partial charge in [0.2, 0.25) is 5.91 Å². The van der Waals surface area contributed by atoms with Crippen molar-refractivity contribution >= 4 is 5.91 Å². The van der Waals surface area contributed by atoms with Crippen molar-refractivity contribution in [3.63, 3.8) is 0 Å².